The minimum atomic E-state index is -0.804. The van der Waals surface area contributed by atoms with Gasteiger partial charge in [-0.1, -0.05) is 78.7 Å². The van der Waals surface area contributed by atoms with E-state index in [1.54, 1.807) is 7.11 Å². The fourth-order valence-corrected chi connectivity index (χ4v) is 15.5. The fourth-order valence-electron chi connectivity index (χ4n) is 15.2. The summed E-state index contributed by atoms with van der Waals surface area (Å²) in [6, 6.07) is 33.1. The van der Waals surface area contributed by atoms with Crippen molar-refractivity contribution in [1.82, 2.24) is 39.8 Å². The number of imidazole rings is 1. The first kappa shape index (κ1) is 51.4. The van der Waals surface area contributed by atoms with Crippen molar-refractivity contribution in [2.45, 2.75) is 127 Å². The minimum Gasteiger partial charge on any atom is -0.457 e. The second kappa shape index (κ2) is 20.2. The van der Waals surface area contributed by atoms with E-state index in [4.69, 9.17) is 37.7 Å². The topological polar surface area (TPSA) is 90.4 Å². The molecule has 384 valence electrons. The molecule has 4 aromatic carbocycles. The standard InChI is InChI=1S/C59H76Cl2N8O3/c1-11-58-51-29-42(27-38-15-13-12-14-16-38)54(58)66(7)36-57(3,4)64-50-31-45(28-39-17-22-43(60)23-18-39)67(8)55-47(35-71-10)63-53(59(50,55)56(58)70)37(2)69(51)33-41-19-24-44(61)30-49(41)72-46-25-20-40(21-26-46)48-32-62-52(68(48)9)34-65(5)6/h12-26,30,32,37,42,45,47,50-51,53-55,63-64H,11,27-29,31,33-36H2,1-10H3/t37-,42+,45-,47+,50?,51?,53?,54?,55?,58?,59?/m0/s1. The molecule has 1 aromatic heterocycles. The number of piperidine rings is 1. The lowest BCUT2D eigenvalue weighted by molar-refractivity contribution is -0.154. The Morgan fingerprint density at radius 2 is 1.58 bits per heavy atom. The van der Waals surface area contributed by atoms with Crippen LogP contribution in [0.25, 0.3) is 11.3 Å². The highest BCUT2D eigenvalue weighted by Crippen LogP contribution is 2.63. The third-order valence-corrected chi connectivity index (χ3v) is 18.3. The number of nitrogens with one attached hydrogen (secondary N) is 2. The van der Waals surface area contributed by atoms with Gasteiger partial charge in [-0.3, -0.25) is 14.6 Å². The molecule has 2 bridgehead atoms. The van der Waals surface area contributed by atoms with E-state index in [0.29, 0.717) is 24.0 Å². The number of Topliss-reactive ketones (excluding diaryl/α,β-unsaturated/α-hetero) is 1. The molecule has 72 heavy (non-hydrogen) atoms. The molecule has 0 amide bonds. The highest BCUT2D eigenvalue weighted by molar-refractivity contribution is 6.31. The number of rotatable bonds is 14. The normalized spacial score (nSPS) is 31.5. The largest absolute Gasteiger partial charge is 0.457 e. The van der Waals surface area contributed by atoms with Gasteiger partial charge < -0.3 is 34.5 Å². The predicted molar refractivity (Wildman–Crippen MR) is 290 cm³/mol. The molecule has 4 aliphatic heterocycles. The summed E-state index contributed by atoms with van der Waals surface area (Å²) >= 11 is 13.3. The number of likely N-dealkylation sites (tertiary alicyclic amines) is 2. The van der Waals surface area contributed by atoms with Gasteiger partial charge in [0, 0.05) is 102 Å². The third-order valence-electron chi connectivity index (χ3n) is 17.8. The van der Waals surface area contributed by atoms with Crippen LogP contribution >= 0.6 is 23.2 Å². The van der Waals surface area contributed by atoms with Crippen LogP contribution < -0.4 is 15.4 Å². The average molecular weight is 1020 g/mol. The molecule has 5 fully saturated rings. The van der Waals surface area contributed by atoms with Gasteiger partial charge in [0.25, 0.3) is 0 Å². The van der Waals surface area contributed by atoms with Crippen LogP contribution in [0.1, 0.15) is 69.5 Å². The van der Waals surface area contributed by atoms with Gasteiger partial charge in [-0.15, -0.1) is 0 Å². The maximum atomic E-state index is 17.6. The number of methoxy groups -OCH3 is 1. The van der Waals surface area contributed by atoms with E-state index in [-0.39, 0.29) is 59.8 Å². The van der Waals surface area contributed by atoms with Crippen molar-refractivity contribution in [3.05, 3.63) is 136 Å². The molecular formula is C59H76Cl2N8O3. The summed E-state index contributed by atoms with van der Waals surface area (Å²) in [4.78, 5) is 32.3. The lowest BCUT2D eigenvalue weighted by Crippen LogP contribution is -2.74. The molecular weight excluding hydrogens is 940 g/mol. The first-order chi connectivity index (χ1) is 34.5. The van der Waals surface area contributed by atoms with E-state index in [9.17, 15) is 0 Å². The van der Waals surface area contributed by atoms with Gasteiger partial charge in [0.05, 0.1) is 35.9 Å². The Morgan fingerprint density at radius 3 is 2.28 bits per heavy atom. The SMILES string of the molecule is CCC12C(=O)C34C5C[C@H](Cc6ccc(Cl)cc6)N(C)C3[C@@H](COC)NC4[C@H](C)N(Cc3ccc(Cl)cc3Oc3ccc(-c4cnc(CN(C)C)n4C)cc3)C1C[C@@H](Cc1ccccc1)C2N(C)CC(C)(C)N5. The van der Waals surface area contributed by atoms with Gasteiger partial charge in [-0.25, -0.2) is 4.98 Å². The van der Waals surface area contributed by atoms with E-state index in [2.05, 4.69) is 158 Å². The Bertz CT molecular complexity index is 2720. The van der Waals surface area contributed by atoms with E-state index in [1.165, 1.54) is 11.1 Å². The number of hydrogen-bond acceptors (Lipinski definition) is 10. The molecule has 1 spiro atoms. The van der Waals surface area contributed by atoms with Crippen molar-refractivity contribution in [2.24, 2.45) is 23.8 Å². The molecule has 0 radical (unpaired) electrons. The number of carbonyl (C=O) groups excluding carboxylic acids is 1. The number of halogens is 2. The number of hydrogen-bond donors (Lipinski definition) is 2. The third kappa shape index (κ3) is 8.96. The van der Waals surface area contributed by atoms with Crippen LogP contribution in [0.15, 0.2) is 103 Å². The predicted octanol–water partition coefficient (Wildman–Crippen LogP) is 9.39. The van der Waals surface area contributed by atoms with Gasteiger partial charge in [0.1, 0.15) is 17.3 Å². The monoisotopic (exact) mass is 1010 g/mol. The summed E-state index contributed by atoms with van der Waals surface area (Å²) in [5.74, 6) is 3.10. The summed E-state index contributed by atoms with van der Waals surface area (Å²) in [6.45, 7) is 12.1. The van der Waals surface area contributed by atoms with Crippen LogP contribution in [0.3, 0.4) is 0 Å². The average Bonchev–Trinajstić information content (AvgIpc) is 3.99. The van der Waals surface area contributed by atoms with E-state index in [1.807, 2.05) is 42.6 Å². The molecule has 10 rings (SSSR count). The van der Waals surface area contributed by atoms with Crippen molar-refractivity contribution in [3.63, 3.8) is 0 Å². The van der Waals surface area contributed by atoms with Crippen molar-refractivity contribution in [2.75, 3.05) is 48.5 Å². The van der Waals surface area contributed by atoms with Gasteiger partial charge in [0.2, 0.25) is 0 Å². The van der Waals surface area contributed by atoms with Gasteiger partial charge in [-0.05, 0) is 147 Å². The molecule has 11 nitrogen and oxygen atoms in total. The molecule has 7 unspecified atom stereocenters. The van der Waals surface area contributed by atoms with Crippen LogP contribution in [0.2, 0.25) is 10.0 Å². The Balaban J connectivity index is 1.10. The number of likely N-dealkylation sites (N-methyl/N-ethyl adjacent to an activating group) is 2. The van der Waals surface area contributed by atoms with Gasteiger partial charge in [-0.2, -0.15) is 0 Å². The summed E-state index contributed by atoms with van der Waals surface area (Å²) in [5, 5.41) is 9.96. The summed E-state index contributed by atoms with van der Waals surface area (Å²) < 4.78 is 15.2. The lowest BCUT2D eigenvalue weighted by atomic mass is 9.54. The number of ketones is 1. The first-order valence-corrected chi connectivity index (χ1v) is 27.0. The molecule has 1 saturated carbocycles. The second-order valence-corrected chi connectivity index (χ2v) is 23.9. The zero-order chi connectivity index (χ0) is 50.9. The van der Waals surface area contributed by atoms with Gasteiger partial charge >= 0.3 is 0 Å². The van der Waals surface area contributed by atoms with E-state index < -0.39 is 10.8 Å². The zero-order valence-electron chi connectivity index (χ0n) is 44.0. The number of benzene rings is 4. The molecule has 4 saturated heterocycles. The highest BCUT2D eigenvalue weighted by Gasteiger charge is 2.77. The second-order valence-electron chi connectivity index (χ2n) is 23.0. The van der Waals surface area contributed by atoms with Crippen LogP contribution in [0.4, 0.5) is 0 Å². The molecule has 1 aliphatic carbocycles. The highest BCUT2D eigenvalue weighted by atomic mass is 35.5. The number of aromatic nitrogens is 2. The van der Waals surface area contributed by atoms with Crippen molar-refractivity contribution in [1.29, 1.82) is 0 Å². The van der Waals surface area contributed by atoms with Crippen molar-refractivity contribution < 1.29 is 14.3 Å². The Morgan fingerprint density at radius 1 is 0.875 bits per heavy atom. The summed E-state index contributed by atoms with van der Waals surface area (Å²) in [5.41, 5.74) is 3.89. The molecule has 2 N–H and O–H groups in total. The Kier molecular flexibility index (Phi) is 14.4. The van der Waals surface area contributed by atoms with Crippen LogP contribution in [-0.2, 0) is 42.5 Å². The Labute approximate surface area is 438 Å². The number of carbonyl (C=O) groups is 1. The van der Waals surface area contributed by atoms with Crippen LogP contribution in [-0.4, -0.2) is 137 Å². The molecule has 5 aliphatic rings. The maximum Gasteiger partial charge on any atom is 0.153 e. The number of ether oxygens (including phenoxy) is 2. The fraction of sp³-hybridized carbons (Fsp3) is 0.525. The smallest absolute Gasteiger partial charge is 0.153 e. The number of nitrogens with zero attached hydrogens (tertiary/aromatic N) is 6. The summed E-state index contributed by atoms with van der Waals surface area (Å²) in [6.07, 6.45) is 6.14. The van der Waals surface area contributed by atoms with Gasteiger partial charge in [0.15, 0.2) is 5.78 Å². The molecule has 5 heterocycles. The Hall–Kier alpha value is -4.14. The van der Waals surface area contributed by atoms with Crippen LogP contribution in [0, 0.1) is 16.7 Å². The molecule has 11 atom stereocenters. The zero-order valence-corrected chi connectivity index (χ0v) is 45.6. The first-order valence-electron chi connectivity index (χ1n) is 26.2. The maximum absolute atomic E-state index is 17.6. The van der Waals surface area contributed by atoms with E-state index >= 15 is 4.79 Å². The molecule has 5 aromatic rings. The minimum absolute atomic E-state index is 0.0140. The van der Waals surface area contributed by atoms with Crippen molar-refractivity contribution in [3.8, 4) is 22.8 Å². The lowest BCUT2D eigenvalue weighted by Gasteiger charge is -2.58. The van der Waals surface area contributed by atoms with E-state index in [0.717, 1.165) is 84.4 Å². The molecule has 13 heteroatoms. The summed E-state index contributed by atoms with van der Waals surface area (Å²) in [7, 11) is 12.6. The van der Waals surface area contributed by atoms with Crippen LogP contribution in [0.5, 0.6) is 11.5 Å². The quantitative estimate of drug-likeness (QED) is 0.112. The van der Waals surface area contributed by atoms with Crippen molar-refractivity contribution >= 4 is 29.0 Å².